The molecule has 124 valence electrons. The smallest absolute Gasteiger partial charge is 0.0994 e. The van der Waals surface area contributed by atoms with Gasteiger partial charge in [0.1, 0.15) is 0 Å². The predicted octanol–water partition coefficient (Wildman–Crippen LogP) is 3.05. The van der Waals surface area contributed by atoms with Crippen LogP contribution in [-0.2, 0) is 6.42 Å². The molecule has 2 N–H and O–H groups in total. The third kappa shape index (κ3) is 2.27. The number of aliphatic imine (C=N–C) groups is 1. The summed E-state index contributed by atoms with van der Waals surface area (Å²) in [5.41, 5.74) is 9.52. The fourth-order valence-electron chi connectivity index (χ4n) is 3.95. The van der Waals surface area contributed by atoms with Gasteiger partial charge < -0.3 is 10.6 Å². The van der Waals surface area contributed by atoms with Crippen molar-refractivity contribution >= 4 is 11.9 Å². The molecule has 2 aliphatic carbocycles. The van der Waals surface area contributed by atoms with Gasteiger partial charge in [0.05, 0.1) is 17.7 Å². The molecule has 6 rings (SSSR count). The molecule has 4 heteroatoms. The third-order valence-electron chi connectivity index (χ3n) is 5.63. The summed E-state index contributed by atoms with van der Waals surface area (Å²) in [7, 11) is 0. The van der Waals surface area contributed by atoms with E-state index in [4.69, 9.17) is 0 Å². The van der Waals surface area contributed by atoms with Crippen molar-refractivity contribution < 1.29 is 0 Å². The monoisotopic (exact) mass is 328 g/mol. The molecular formula is C21H20N4. The fraction of sp³-hybridized carbons (Fsp3) is 0.333. The molecule has 2 bridgehead atoms. The highest BCUT2D eigenvalue weighted by Gasteiger charge is 2.25. The van der Waals surface area contributed by atoms with Crippen LogP contribution in [0.25, 0.3) is 11.1 Å². The summed E-state index contributed by atoms with van der Waals surface area (Å²) in [6.07, 6.45) is 2.95. The van der Waals surface area contributed by atoms with Crippen molar-refractivity contribution in [1.29, 1.82) is 5.26 Å². The highest BCUT2D eigenvalue weighted by atomic mass is 15.1. The first kappa shape index (κ1) is 14.7. The highest BCUT2D eigenvalue weighted by molar-refractivity contribution is 5.94. The van der Waals surface area contributed by atoms with Crippen molar-refractivity contribution in [2.75, 3.05) is 25.0 Å². The molecule has 2 aromatic carbocycles. The topological polar surface area (TPSA) is 60.2 Å². The van der Waals surface area contributed by atoms with Gasteiger partial charge in [-0.1, -0.05) is 19.1 Å². The van der Waals surface area contributed by atoms with Gasteiger partial charge in [0, 0.05) is 43.0 Å². The van der Waals surface area contributed by atoms with Crippen molar-refractivity contribution in [2.24, 2.45) is 4.99 Å². The summed E-state index contributed by atoms with van der Waals surface area (Å²) in [6.45, 7) is 5.09. The van der Waals surface area contributed by atoms with Gasteiger partial charge in [0.2, 0.25) is 0 Å². The normalized spacial score (nSPS) is 20.2. The number of nitrogens with zero attached hydrogens (tertiary/aromatic N) is 2. The van der Waals surface area contributed by atoms with E-state index in [9.17, 15) is 5.26 Å². The van der Waals surface area contributed by atoms with Crippen LogP contribution < -0.4 is 10.6 Å². The number of nitriles is 1. The maximum Gasteiger partial charge on any atom is 0.0994 e. The Labute approximate surface area is 147 Å². The van der Waals surface area contributed by atoms with E-state index >= 15 is 0 Å². The third-order valence-corrected chi connectivity index (χ3v) is 5.63. The lowest BCUT2D eigenvalue weighted by Crippen LogP contribution is -2.51. The molecule has 1 fully saturated rings. The van der Waals surface area contributed by atoms with Gasteiger partial charge in [0.15, 0.2) is 0 Å². The van der Waals surface area contributed by atoms with E-state index in [1.807, 2.05) is 6.21 Å². The molecule has 0 spiro atoms. The van der Waals surface area contributed by atoms with E-state index < -0.39 is 0 Å². The Balaban J connectivity index is 1.66. The van der Waals surface area contributed by atoms with Crippen LogP contribution in [0.4, 0.5) is 5.69 Å². The summed E-state index contributed by atoms with van der Waals surface area (Å²) < 4.78 is 0. The van der Waals surface area contributed by atoms with Gasteiger partial charge in [-0.05, 0) is 46.4 Å². The molecule has 25 heavy (non-hydrogen) atoms. The predicted molar refractivity (Wildman–Crippen MR) is 101 cm³/mol. The molecule has 1 unspecified atom stereocenters. The number of hydrogen-bond donors (Lipinski definition) is 2. The van der Waals surface area contributed by atoms with Gasteiger partial charge in [-0.2, -0.15) is 5.26 Å². The molecule has 0 radical (unpaired) electrons. The summed E-state index contributed by atoms with van der Waals surface area (Å²) >= 11 is 0. The fourth-order valence-corrected chi connectivity index (χ4v) is 3.95. The zero-order valence-corrected chi connectivity index (χ0v) is 14.3. The number of hydrogen-bond acceptors (Lipinski definition) is 4. The van der Waals surface area contributed by atoms with Crippen LogP contribution in [0.2, 0.25) is 0 Å². The molecule has 4 aliphatic rings. The quantitative estimate of drug-likeness (QED) is 0.777. The Morgan fingerprint density at radius 2 is 2.04 bits per heavy atom. The maximum absolute atomic E-state index is 9.38. The summed E-state index contributed by atoms with van der Waals surface area (Å²) in [4.78, 5) is 4.54. The molecule has 1 atom stereocenters. The van der Waals surface area contributed by atoms with E-state index in [0.717, 1.165) is 31.6 Å². The Kier molecular flexibility index (Phi) is 3.19. The molecule has 0 saturated carbocycles. The molecule has 4 nitrogen and oxygen atoms in total. The van der Waals surface area contributed by atoms with Crippen LogP contribution in [0.15, 0.2) is 29.3 Å². The average Bonchev–Trinajstić information content (AvgIpc) is 2.57. The van der Waals surface area contributed by atoms with Gasteiger partial charge in [-0.25, -0.2) is 0 Å². The Hall–Kier alpha value is -2.64. The summed E-state index contributed by atoms with van der Waals surface area (Å²) in [5.74, 6) is 0.418. The molecule has 0 amide bonds. The van der Waals surface area contributed by atoms with Crippen molar-refractivity contribution in [1.82, 2.24) is 5.32 Å². The standard InChI is InChI=1S/C21H20N4/c1-12-8-23-11-20-18(12)4-15(6-21(20)25-17-9-24-10-17)19-5-16(7-22)13-2-14(19)3-13/h2,4-6,11-12,17,24-25H,3,8-10H2,1H3. The van der Waals surface area contributed by atoms with Crippen molar-refractivity contribution in [3.05, 3.63) is 52.1 Å². The second kappa shape index (κ2) is 5.44. The van der Waals surface area contributed by atoms with Crippen LogP contribution in [0.5, 0.6) is 0 Å². The summed E-state index contributed by atoms with van der Waals surface area (Å²) in [6, 6.07) is 11.6. The SMILES string of the molecule is CC1CN=Cc2c(NC3CNC3)cc(-c3cc(C#N)c4cc3C4)cc21. The van der Waals surface area contributed by atoms with Gasteiger partial charge in [0.25, 0.3) is 0 Å². The van der Waals surface area contributed by atoms with Crippen LogP contribution in [-0.4, -0.2) is 31.9 Å². The largest absolute Gasteiger partial charge is 0.379 e. The number of fused-ring (bicyclic) bond motifs is 3. The van der Waals surface area contributed by atoms with Crippen molar-refractivity contribution in [3.8, 4) is 17.2 Å². The first-order valence-electron chi connectivity index (χ1n) is 8.94. The molecular weight excluding hydrogens is 308 g/mol. The second-order valence-electron chi connectivity index (χ2n) is 7.38. The van der Waals surface area contributed by atoms with Gasteiger partial charge >= 0.3 is 0 Å². The van der Waals surface area contributed by atoms with Gasteiger partial charge in [-0.15, -0.1) is 0 Å². The number of nitrogens with one attached hydrogen (secondary N) is 2. The maximum atomic E-state index is 9.38. The Morgan fingerprint density at radius 1 is 1.20 bits per heavy atom. The zero-order chi connectivity index (χ0) is 17.0. The first-order valence-corrected chi connectivity index (χ1v) is 8.94. The van der Waals surface area contributed by atoms with E-state index in [0.29, 0.717) is 12.0 Å². The van der Waals surface area contributed by atoms with E-state index in [1.54, 1.807) is 0 Å². The minimum Gasteiger partial charge on any atom is -0.379 e. The molecule has 2 aliphatic heterocycles. The Morgan fingerprint density at radius 3 is 2.76 bits per heavy atom. The zero-order valence-electron chi connectivity index (χ0n) is 14.3. The number of benzene rings is 2. The molecule has 1 saturated heterocycles. The lowest BCUT2D eigenvalue weighted by molar-refractivity contribution is 0.472. The van der Waals surface area contributed by atoms with Crippen LogP contribution >= 0.6 is 0 Å². The molecule has 2 aromatic rings. The lowest BCUT2D eigenvalue weighted by Gasteiger charge is -2.32. The van der Waals surface area contributed by atoms with E-state index in [-0.39, 0.29) is 0 Å². The van der Waals surface area contributed by atoms with Gasteiger partial charge in [-0.3, -0.25) is 4.99 Å². The second-order valence-corrected chi connectivity index (χ2v) is 7.38. The average molecular weight is 328 g/mol. The summed E-state index contributed by atoms with van der Waals surface area (Å²) in [5, 5.41) is 16.4. The highest BCUT2D eigenvalue weighted by Crippen LogP contribution is 2.40. The number of anilines is 1. The molecule has 2 heterocycles. The Bertz CT molecular complexity index is 947. The van der Waals surface area contributed by atoms with Crippen LogP contribution in [0.1, 0.15) is 40.7 Å². The van der Waals surface area contributed by atoms with Crippen molar-refractivity contribution in [3.63, 3.8) is 0 Å². The molecule has 0 aromatic heterocycles. The van der Waals surface area contributed by atoms with Crippen molar-refractivity contribution in [2.45, 2.75) is 25.3 Å². The van der Waals surface area contributed by atoms with Crippen LogP contribution in [0, 0.1) is 11.3 Å². The van der Waals surface area contributed by atoms with E-state index in [1.165, 1.54) is 39.1 Å². The van der Waals surface area contributed by atoms with E-state index in [2.05, 4.69) is 52.9 Å². The minimum atomic E-state index is 0.418. The minimum absolute atomic E-state index is 0.418. The first-order chi connectivity index (χ1) is 12.2. The van der Waals surface area contributed by atoms with Crippen LogP contribution in [0.3, 0.4) is 0 Å². The number of rotatable bonds is 3. The lowest BCUT2D eigenvalue weighted by atomic mass is 9.80.